The van der Waals surface area contributed by atoms with Crippen molar-refractivity contribution in [2.45, 2.75) is 58.1 Å². The summed E-state index contributed by atoms with van der Waals surface area (Å²) in [4.78, 5) is 32.3. The monoisotopic (exact) mass is 451 g/mol. The number of anilines is 1. The van der Waals surface area contributed by atoms with Crippen molar-refractivity contribution in [1.29, 1.82) is 0 Å². The fraction of sp³-hybridized carbons (Fsp3) is 0.400. The summed E-state index contributed by atoms with van der Waals surface area (Å²) in [7, 11) is 0. The lowest BCUT2D eigenvalue weighted by molar-refractivity contribution is -0.129. The predicted octanol–water partition coefficient (Wildman–Crippen LogP) is 4.72. The molecule has 3 aromatic rings. The van der Waals surface area contributed by atoms with Gasteiger partial charge in [-0.25, -0.2) is 4.98 Å². The molecule has 1 aliphatic heterocycles. The second-order valence-corrected chi connectivity index (χ2v) is 9.14. The molecule has 168 valence electrons. The molecule has 1 aliphatic rings. The van der Waals surface area contributed by atoms with E-state index in [-0.39, 0.29) is 24.4 Å². The number of nitrogens with one attached hydrogen (secondary N) is 1. The van der Waals surface area contributed by atoms with E-state index < -0.39 is 6.10 Å². The fourth-order valence-corrected chi connectivity index (χ4v) is 4.96. The maximum atomic E-state index is 13.1. The van der Waals surface area contributed by atoms with Gasteiger partial charge in [0, 0.05) is 12.5 Å². The van der Waals surface area contributed by atoms with Crippen molar-refractivity contribution in [3.8, 4) is 5.75 Å². The normalized spacial score (nSPS) is 15.5. The number of rotatable bonds is 8. The van der Waals surface area contributed by atoms with Gasteiger partial charge in [0.2, 0.25) is 5.91 Å². The average molecular weight is 452 g/mol. The number of nitrogens with zero attached hydrogens (tertiary/aromatic N) is 2. The minimum absolute atomic E-state index is 0.00203. The number of thiazole rings is 1. The van der Waals surface area contributed by atoms with Gasteiger partial charge in [0.25, 0.3) is 5.91 Å². The van der Waals surface area contributed by atoms with Gasteiger partial charge in [-0.15, -0.1) is 11.3 Å². The maximum Gasteiger partial charge on any atom is 0.263 e. The third-order valence-electron chi connectivity index (χ3n) is 5.82. The second kappa shape index (κ2) is 10.1. The van der Waals surface area contributed by atoms with Gasteiger partial charge in [0.15, 0.2) is 6.10 Å². The quantitative estimate of drug-likeness (QED) is 0.538. The smallest absolute Gasteiger partial charge is 0.263 e. The van der Waals surface area contributed by atoms with Crippen LogP contribution < -0.4 is 15.0 Å². The van der Waals surface area contributed by atoms with E-state index in [0.29, 0.717) is 18.6 Å². The Morgan fingerprint density at radius 2 is 1.91 bits per heavy atom. The predicted molar refractivity (Wildman–Crippen MR) is 128 cm³/mol. The first-order valence-corrected chi connectivity index (χ1v) is 12.1. The lowest BCUT2D eigenvalue weighted by Crippen LogP contribution is -2.52. The van der Waals surface area contributed by atoms with E-state index in [0.717, 1.165) is 35.5 Å². The van der Waals surface area contributed by atoms with Crippen LogP contribution in [0.1, 0.15) is 44.5 Å². The molecule has 0 radical (unpaired) electrons. The van der Waals surface area contributed by atoms with Gasteiger partial charge < -0.3 is 15.0 Å². The van der Waals surface area contributed by atoms with Crippen molar-refractivity contribution in [2.75, 3.05) is 11.4 Å². The molecule has 32 heavy (non-hydrogen) atoms. The zero-order valence-corrected chi connectivity index (χ0v) is 19.4. The molecule has 0 fully saturated rings. The minimum atomic E-state index is -0.710. The van der Waals surface area contributed by atoms with Gasteiger partial charge in [-0.1, -0.05) is 38.1 Å². The topological polar surface area (TPSA) is 71.5 Å². The SMILES string of the molecule is CCC(CC)NC(=O)C1CN(C(=O)CCCc2nc3ccccc3s2)c2ccccc2O1. The zero-order valence-electron chi connectivity index (χ0n) is 18.5. The number of para-hydroxylation sites is 3. The summed E-state index contributed by atoms with van der Waals surface area (Å²) in [5.74, 6) is 0.408. The molecule has 0 saturated heterocycles. The Labute approximate surface area is 192 Å². The number of aryl methyl sites for hydroxylation is 1. The Bertz CT molecular complexity index is 1060. The summed E-state index contributed by atoms with van der Waals surface area (Å²) in [5.41, 5.74) is 1.73. The van der Waals surface area contributed by atoms with Crippen molar-refractivity contribution in [3.63, 3.8) is 0 Å². The number of hydrogen-bond acceptors (Lipinski definition) is 5. The maximum absolute atomic E-state index is 13.1. The van der Waals surface area contributed by atoms with Crippen molar-refractivity contribution in [3.05, 3.63) is 53.5 Å². The third kappa shape index (κ3) is 4.93. The highest BCUT2D eigenvalue weighted by Crippen LogP contribution is 2.34. The van der Waals surface area contributed by atoms with E-state index in [1.807, 2.05) is 56.3 Å². The summed E-state index contributed by atoms with van der Waals surface area (Å²) in [6, 6.07) is 15.6. The Balaban J connectivity index is 1.42. The number of ether oxygens (including phenoxy) is 1. The van der Waals surface area contributed by atoms with Crippen LogP contribution in [0.15, 0.2) is 48.5 Å². The fourth-order valence-electron chi connectivity index (χ4n) is 3.95. The van der Waals surface area contributed by atoms with Crippen LogP contribution in [-0.4, -0.2) is 35.5 Å². The largest absolute Gasteiger partial charge is 0.477 e. The van der Waals surface area contributed by atoms with Gasteiger partial charge in [0.05, 0.1) is 27.5 Å². The molecule has 6 nitrogen and oxygen atoms in total. The number of aromatic nitrogens is 1. The number of benzene rings is 2. The molecule has 2 heterocycles. The highest BCUT2D eigenvalue weighted by Gasteiger charge is 2.34. The van der Waals surface area contributed by atoms with E-state index in [4.69, 9.17) is 4.74 Å². The summed E-state index contributed by atoms with van der Waals surface area (Å²) in [6.45, 7) is 4.32. The zero-order chi connectivity index (χ0) is 22.5. The van der Waals surface area contributed by atoms with Gasteiger partial charge >= 0.3 is 0 Å². The lowest BCUT2D eigenvalue weighted by Gasteiger charge is -2.34. The first-order chi connectivity index (χ1) is 15.6. The first kappa shape index (κ1) is 22.3. The van der Waals surface area contributed by atoms with Crippen molar-refractivity contribution >= 4 is 39.1 Å². The van der Waals surface area contributed by atoms with Crippen molar-refractivity contribution in [2.24, 2.45) is 0 Å². The Hall–Kier alpha value is -2.93. The number of fused-ring (bicyclic) bond motifs is 2. The van der Waals surface area contributed by atoms with E-state index in [9.17, 15) is 9.59 Å². The molecule has 0 spiro atoms. The first-order valence-electron chi connectivity index (χ1n) is 11.3. The molecular formula is C25H29N3O3S. The summed E-state index contributed by atoms with van der Waals surface area (Å²) in [6.07, 6.45) is 2.88. The highest BCUT2D eigenvalue weighted by atomic mass is 32.1. The van der Waals surface area contributed by atoms with E-state index in [2.05, 4.69) is 16.4 Å². The van der Waals surface area contributed by atoms with Crippen LogP contribution in [-0.2, 0) is 16.0 Å². The molecule has 2 aromatic carbocycles. The van der Waals surface area contributed by atoms with Crippen molar-refractivity contribution < 1.29 is 14.3 Å². The van der Waals surface area contributed by atoms with Gasteiger partial charge in [-0.2, -0.15) is 0 Å². The molecule has 2 amide bonds. The molecule has 1 N–H and O–H groups in total. The molecular weight excluding hydrogens is 422 g/mol. The lowest BCUT2D eigenvalue weighted by atomic mass is 10.1. The Kier molecular flexibility index (Phi) is 7.05. The van der Waals surface area contributed by atoms with Crippen LogP contribution in [0.4, 0.5) is 5.69 Å². The highest BCUT2D eigenvalue weighted by molar-refractivity contribution is 7.18. The molecule has 1 unspecified atom stereocenters. The molecule has 7 heteroatoms. The number of hydrogen-bond donors (Lipinski definition) is 1. The third-order valence-corrected chi connectivity index (χ3v) is 6.91. The number of amides is 2. The summed E-state index contributed by atoms with van der Waals surface area (Å²) < 4.78 is 7.13. The number of carbonyl (C=O) groups excluding carboxylic acids is 2. The molecule has 1 aromatic heterocycles. The van der Waals surface area contributed by atoms with Crippen LogP contribution >= 0.6 is 11.3 Å². The Morgan fingerprint density at radius 1 is 1.16 bits per heavy atom. The van der Waals surface area contributed by atoms with Gasteiger partial charge in [0.1, 0.15) is 5.75 Å². The summed E-state index contributed by atoms with van der Waals surface area (Å²) >= 11 is 1.68. The Morgan fingerprint density at radius 3 is 2.69 bits per heavy atom. The standard InChI is InChI=1S/C25H29N3O3S/c1-3-17(4-2)26-25(30)21-16-28(19-11-6-7-12-20(19)31-21)24(29)15-9-14-23-27-18-10-5-8-13-22(18)32-23/h5-8,10-13,17,21H,3-4,9,14-16H2,1-2H3,(H,26,30). The van der Waals surface area contributed by atoms with Gasteiger partial charge in [-0.3, -0.25) is 9.59 Å². The molecule has 0 bridgehead atoms. The van der Waals surface area contributed by atoms with Gasteiger partial charge in [-0.05, 0) is 49.9 Å². The molecule has 0 saturated carbocycles. The average Bonchev–Trinajstić information content (AvgIpc) is 3.24. The number of carbonyl (C=O) groups is 2. The van der Waals surface area contributed by atoms with Crippen molar-refractivity contribution in [1.82, 2.24) is 10.3 Å². The van der Waals surface area contributed by atoms with Crippen LogP contribution in [0.25, 0.3) is 10.2 Å². The second-order valence-electron chi connectivity index (χ2n) is 8.03. The van der Waals surface area contributed by atoms with E-state index in [1.165, 1.54) is 4.70 Å². The molecule has 1 atom stereocenters. The van der Waals surface area contributed by atoms with Crippen LogP contribution in [0.3, 0.4) is 0 Å². The molecule has 4 rings (SSSR count). The van der Waals surface area contributed by atoms with Crippen LogP contribution in [0.2, 0.25) is 0 Å². The van der Waals surface area contributed by atoms with Crippen LogP contribution in [0, 0.1) is 0 Å². The minimum Gasteiger partial charge on any atom is -0.477 e. The summed E-state index contributed by atoms with van der Waals surface area (Å²) in [5, 5.41) is 4.09. The van der Waals surface area contributed by atoms with E-state index >= 15 is 0 Å². The van der Waals surface area contributed by atoms with E-state index in [1.54, 1.807) is 16.2 Å². The molecule has 0 aliphatic carbocycles. The van der Waals surface area contributed by atoms with Crippen LogP contribution in [0.5, 0.6) is 5.75 Å².